The van der Waals surface area contributed by atoms with E-state index in [1.165, 1.54) is 0 Å². The molecule has 2 aromatic rings. The summed E-state index contributed by atoms with van der Waals surface area (Å²) in [6.45, 7) is 0. The Balaban J connectivity index is 1.83. The van der Waals surface area contributed by atoms with Crippen LogP contribution in [0, 0.1) is 5.92 Å². The van der Waals surface area contributed by atoms with Crippen LogP contribution in [0.3, 0.4) is 0 Å². The van der Waals surface area contributed by atoms with E-state index in [1.54, 1.807) is 0 Å². The number of rotatable bonds is 3. The molecule has 19 heavy (non-hydrogen) atoms. The van der Waals surface area contributed by atoms with Crippen molar-refractivity contribution in [2.45, 2.75) is 18.9 Å². The number of aromatic nitrogens is 1. The molecule has 0 saturated carbocycles. The van der Waals surface area contributed by atoms with Gasteiger partial charge in [-0.15, -0.1) is 0 Å². The van der Waals surface area contributed by atoms with Gasteiger partial charge in [0.15, 0.2) is 5.58 Å². The second-order valence-electron chi connectivity index (χ2n) is 4.69. The number of allylic oxidation sites excluding steroid dienone is 1. The Morgan fingerprint density at radius 1 is 1.32 bits per heavy atom. The summed E-state index contributed by atoms with van der Waals surface area (Å²) in [5, 5.41) is 3.17. The number of primary amides is 1. The quantitative estimate of drug-likeness (QED) is 0.825. The molecule has 3 N–H and O–H groups in total. The number of anilines is 1. The number of fused-ring (bicyclic) bond motifs is 1. The number of hydrogen-bond donors (Lipinski definition) is 2. The Bertz CT molecular complexity index is 599. The number of nitrogens with zero attached hydrogens (tertiary/aromatic N) is 1. The topological polar surface area (TPSA) is 81.2 Å². The fraction of sp³-hybridized carbons (Fsp3) is 0.286. The number of nitrogens with one attached hydrogen (secondary N) is 1. The molecule has 5 heteroatoms. The van der Waals surface area contributed by atoms with Crippen molar-refractivity contribution in [3.8, 4) is 0 Å². The lowest BCUT2D eigenvalue weighted by Crippen LogP contribution is -2.39. The first-order chi connectivity index (χ1) is 9.24. The molecule has 1 amide bonds. The SMILES string of the molecule is NC(=O)[C@@H]1CC=CC[C@H]1Nc1nc2ccccc2o1. The Morgan fingerprint density at radius 2 is 2.11 bits per heavy atom. The third-order valence-electron chi connectivity index (χ3n) is 3.40. The van der Waals surface area contributed by atoms with Crippen molar-refractivity contribution in [1.82, 2.24) is 4.98 Å². The van der Waals surface area contributed by atoms with Crippen LogP contribution in [-0.4, -0.2) is 16.9 Å². The molecular formula is C14H15N3O2. The van der Waals surface area contributed by atoms with Crippen molar-refractivity contribution < 1.29 is 9.21 Å². The third-order valence-corrected chi connectivity index (χ3v) is 3.40. The van der Waals surface area contributed by atoms with Gasteiger partial charge in [0.1, 0.15) is 5.52 Å². The van der Waals surface area contributed by atoms with Gasteiger partial charge in [0.25, 0.3) is 6.01 Å². The molecular weight excluding hydrogens is 242 g/mol. The lowest BCUT2D eigenvalue weighted by molar-refractivity contribution is -0.122. The number of nitrogens with two attached hydrogens (primary N) is 1. The third kappa shape index (κ3) is 2.31. The van der Waals surface area contributed by atoms with Gasteiger partial charge in [0, 0.05) is 6.04 Å². The maximum atomic E-state index is 11.4. The summed E-state index contributed by atoms with van der Waals surface area (Å²) in [4.78, 5) is 15.8. The minimum atomic E-state index is -0.294. The summed E-state index contributed by atoms with van der Waals surface area (Å²) in [7, 11) is 0. The highest BCUT2D eigenvalue weighted by molar-refractivity contribution is 5.78. The predicted molar refractivity (Wildman–Crippen MR) is 72.5 cm³/mol. The van der Waals surface area contributed by atoms with Gasteiger partial charge in [-0.05, 0) is 25.0 Å². The fourth-order valence-corrected chi connectivity index (χ4v) is 2.38. The summed E-state index contributed by atoms with van der Waals surface area (Å²) in [5.74, 6) is -0.516. The van der Waals surface area contributed by atoms with Gasteiger partial charge in [-0.3, -0.25) is 4.79 Å². The van der Waals surface area contributed by atoms with Crippen molar-refractivity contribution in [1.29, 1.82) is 0 Å². The molecule has 1 aliphatic carbocycles. The maximum Gasteiger partial charge on any atom is 0.295 e. The number of benzene rings is 1. The number of hydrogen-bond acceptors (Lipinski definition) is 4. The van der Waals surface area contributed by atoms with Crippen LogP contribution < -0.4 is 11.1 Å². The van der Waals surface area contributed by atoms with Crippen LogP contribution >= 0.6 is 0 Å². The molecule has 0 unspecified atom stereocenters. The van der Waals surface area contributed by atoms with E-state index in [1.807, 2.05) is 36.4 Å². The van der Waals surface area contributed by atoms with Gasteiger partial charge >= 0.3 is 0 Å². The lowest BCUT2D eigenvalue weighted by atomic mass is 9.88. The average molecular weight is 257 g/mol. The van der Waals surface area contributed by atoms with Gasteiger partial charge in [-0.1, -0.05) is 24.3 Å². The molecule has 3 rings (SSSR count). The zero-order chi connectivity index (χ0) is 13.2. The first-order valence-corrected chi connectivity index (χ1v) is 6.30. The van der Waals surface area contributed by atoms with Crippen molar-refractivity contribution in [2.75, 3.05) is 5.32 Å². The number of oxazole rings is 1. The molecule has 0 saturated heterocycles. The molecule has 0 bridgehead atoms. The van der Waals surface area contributed by atoms with Crippen LogP contribution in [0.15, 0.2) is 40.8 Å². The number of carbonyl (C=O) groups is 1. The van der Waals surface area contributed by atoms with Gasteiger partial charge in [-0.25, -0.2) is 0 Å². The first-order valence-electron chi connectivity index (χ1n) is 6.30. The van der Waals surface area contributed by atoms with Crippen LogP contribution in [0.5, 0.6) is 0 Å². The summed E-state index contributed by atoms with van der Waals surface area (Å²) in [5.41, 5.74) is 6.95. The second kappa shape index (κ2) is 4.76. The number of carbonyl (C=O) groups excluding carboxylic acids is 1. The highest BCUT2D eigenvalue weighted by atomic mass is 16.4. The summed E-state index contributed by atoms with van der Waals surface area (Å²) < 4.78 is 5.60. The zero-order valence-electron chi connectivity index (χ0n) is 10.4. The first kappa shape index (κ1) is 11.8. The lowest BCUT2D eigenvalue weighted by Gasteiger charge is -2.25. The molecule has 0 fully saturated rings. The summed E-state index contributed by atoms with van der Waals surface area (Å²) in [6, 6.07) is 7.93. The van der Waals surface area contributed by atoms with Crippen LogP contribution in [0.4, 0.5) is 6.01 Å². The Morgan fingerprint density at radius 3 is 2.89 bits per heavy atom. The van der Waals surface area contributed by atoms with Crippen LogP contribution in [0.2, 0.25) is 0 Å². The molecule has 0 aliphatic heterocycles. The molecule has 5 nitrogen and oxygen atoms in total. The highest BCUT2D eigenvalue weighted by Crippen LogP contribution is 2.24. The summed E-state index contributed by atoms with van der Waals surface area (Å²) in [6.07, 6.45) is 5.43. The van der Waals surface area contributed by atoms with Gasteiger partial charge in [-0.2, -0.15) is 4.98 Å². The molecule has 1 aromatic carbocycles. The Hall–Kier alpha value is -2.30. The standard InChI is InChI=1S/C14H15N3O2/c15-13(18)9-5-1-2-6-10(9)16-14-17-11-7-3-4-8-12(11)19-14/h1-4,7-10H,5-6H2,(H2,15,18)(H,16,17)/t9-,10-/m1/s1. The van der Waals surface area contributed by atoms with E-state index < -0.39 is 0 Å². The maximum absolute atomic E-state index is 11.4. The van der Waals surface area contributed by atoms with Crippen molar-refractivity contribution in [3.63, 3.8) is 0 Å². The van der Waals surface area contributed by atoms with Crippen molar-refractivity contribution in [3.05, 3.63) is 36.4 Å². The molecule has 1 heterocycles. The molecule has 0 radical (unpaired) electrons. The predicted octanol–water partition coefficient (Wildman–Crippen LogP) is 2.06. The van der Waals surface area contributed by atoms with E-state index in [4.69, 9.17) is 10.2 Å². The fourth-order valence-electron chi connectivity index (χ4n) is 2.38. The van der Waals surface area contributed by atoms with Crippen LogP contribution in [0.1, 0.15) is 12.8 Å². The van der Waals surface area contributed by atoms with E-state index >= 15 is 0 Å². The van der Waals surface area contributed by atoms with Crippen molar-refractivity contribution >= 4 is 23.0 Å². The highest BCUT2D eigenvalue weighted by Gasteiger charge is 2.28. The van der Waals surface area contributed by atoms with Crippen LogP contribution in [-0.2, 0) is 4.79 Å². The van der Waals surface area contributed by atoms with Gasteiger partial charge in [0.05, 0.1) is 5.92 Å². The number of amides is 1. The van der Waals surface area contributed by atoms with Crippen LogP contribution in [0.25, 0.3) is 11.1 Å². The molecule has 0 spiro atoms. The average Bonchev–Trinajstić information content (AvgIpc) is 2.81. The van der Waals surface area contributed by atoms with Gasteiger partial charge in [0.2, 0.25) is 5.91 Å². The normalized spacial score (nSPS) is 22.5. The zero-order valence-corrected chi connectivity index (χ0v) is 10.4. The van der Waals surface area contributed by atoms with E-state index in [0.29, 0.717) is 12.4 Å². The molecule has 98 valence electrons. The van der Waals surface area contributed by atoms with Gasteiger partial charge < -0.3 is 15.5 Å². The van der Waals surface area contributed by atoms with E-state index in [0.717, 1.165) is 17.5 Å². The minimum absolute atomic E-state index is 0.0597. The minimum Gasteiger partial charge on any atom is -0.424 e. The van der Waals surface area contributed by atoms with E-state index in [-0.39, 0.29) is 17.9 Å². The monoisotopic (exact) mass is 257 g/mol. The molecule has 1 aliphatic rings. The Kier molecular flexibility index (Phi) is 2.95. The van der Waals surface area contributed by atoms with E-state index in [2.05, 4.69) is 10.3 Å². The Labute approximate surface area is 110 Å². The molecule has 1 aromatic heterocycles. The van der Waals surface area contributed by atoms with E-state index in [9.17, 15) is 4.79 Å². The molecule has 2 atom stereocenters. The largest absolute Gasteiger partial charge is 0.424 e. The van der Waals surface area contributed by atoms with Crippen molar-refractivity contribution in [2.24, 2.45) is 11.7 Å². The second-order valence-corrected chi connectivity index (χ2v) is 4.69. The smallest absolute Gasteiger partial charge is 0.295 e. The number of para-hydroxylation sites is 2. The summed E-state index contributed by atoms with van der Waals surface area (Å²) >= 11 is 0.